The van der Waals surface area contributed by atoms with Gasteiger partial charge in [-0.05, 0) is 117 Å². The minimum atomic E-state index is -0.979. The Bertz CT molecular complexity index is 1340. The summed E-state index contributed by atoms with van der Waals surface area (Å²) in [6, 6.07) is 9.31. The Balaban J connectivity index is 1.63. The molecule has 5 atom stereocenters. The summed E-state index contributed by atoms with van der Waals surface area (Å²) in [5, 5.41) is 12.3. The van der Waals surface area contributed by atoms with Gasteiger partial charge in [0.05, 0.1) is 0 Å². The molecule has 0 unspecified atom stereocenters. The molecule has 0 spiro atoms. The number of fused-ring (bicyclic) bond motifs is 4. The molecule has 0 aromatic heterocycles. The molecule has 0 bridgehead atoms. The number of allylic oxidation sites excluding steroid dienone is 4. The Kier molecular flexibility index (Phi) is 7.50. The molecule has 0 radical (unpaired) electrons. The van der Waals surface area contributed by atoms with Gasteiger partial charge in [0.25, 0.3) is 0 Å². The molecule has 9 heteroatoms. The third-order valence-corrected chi connectivity index (χ3v) is 10.4. The minimum Gasteiger partial charge on any atom is -0.407 e. The number of aliphatic hydroxyl groups is 1. The molecular formula is C32H47B6NO2. The fraction of sp³-hybridized carbons (Fsp3) is 0.594. The van der Waals surface area contributed by atoms with Gasteiger partial charge in [-0.2, -0.15) is 0 Å². The predicted molar refractivity (Wildman–Crippen MR) is 188 cm³/mol. The van der Waals surface area contributed by atoms with Crippen molar-refractivity contribution in [1.29, 1.82) is 0 Å². The van der Waals surface area contributed by atoms with Crippen LogP contribution in [0.3, 0.4) is 0 Å². The van der Waals surface area contributed by atoms with E-state index in [1.165, 1.54) is 22.4 Å². The van der Waals surface area contributed by atoms with E-state index in [-0.39, 0.29) is 33.0 Å². The van der Waals surface area contributed by atoms with E-state index >= 15 is 0 Å². The van der Waals surface area contributed by atoms with Gasteiger partial charge in [-0.25, -0.2) is 0 Å². The highest BCUT2D eigenvalue weighted by atomic mass is 16.3. The SMILES string of the molecule is BC(B)(B)N(c1ccc([C@H]2C[C@@]3(C)[C@@H](CC[C@@]3(O)C#CC(C)(C)C)[C@@H]3CCC4=CC(=O)CCC4=C32)cc1)C(B)(B)B. The lowest BCUT2D eigenvalue weighted by Crippen LogP contribution is -2.64. The first-order valence-corrected chi connectivity index (χ1v) is 16.0. The Labute approximate surface area is 254 Å². The van der Waals surface area contributed by atoms with Crippen LogP contribution < -0.4 is 4.90 Å². The first kappa shape index (κ1) is 30.5. The maximum absolute atomic E-state index is 12.4. The fourth-order valence-corrected chi connectivity index (χ4v) is 9.10. The quantitative estimate of drug-likeness (QED) is 0.437. The Morgan fingerprint density at radius 2 is 1.59 bits per heavy atom. The summed E-state index contributed by atoms with van der Waals surface area (Å²) >= 11 is 0. The lowest BCUT2D eigenvalue weighted by Gasteiger charge is -2.54. The predicted octanol–water partition coefficient (Wildman–Crippen LogP) is 0.194. The summed E-state index contributed by atoms with van der Waals surface area (Å²) in [5.74, 6) is 8.23. The lowest BCUT2D eigenvalue weighted by molar-refractivity contribution is -0.114. The van der Waals surface area contributed by atoms with Crippen molar-refractivity contribution in [3.63, 3.8) is 0 Å². The maximum atomic E-state index is 12.4. The van der Waals surface area contributed by atoms with Crippen LogP contribution in [0.2, 0.25) is 0 Å². The van der Waals surface area contributed by atoms with Crippen molar-refractivity contribution in [2.24, 2.45) is 22.7 Å². The van der Waals surface area contributed by atoms with E-state index in [1.54, 1.807) is 5.57 Å². The monoisotopic (exact) mass is 543 g/mol. The molecule has 2 fully saturated rings. The molecule has 210 valence electrons. The van der Waals surface area contributed by atoms with E-state index in [4.69, 9.17) is 0 Å². The zero-order valence-electron chi connectivity index (χ0n) is 27.4. The van der Waals surface area contributed by atoms with Crippen molar-refractivity contribution >= 4 is 58.5 Å². The molecule has 2 saturated carbocycles. The van der Waals surface area contributed by atoms with Gasteiger partial charge in [-0.1, -0.05) is 36.5 Å². The Morgan fingerprint density at radius 1 is 0.951 bits per heavy atom. The van der Waals surface area contributed by atoms with Gasteiger partial charge < -0.3 is 10.0 Å². The first-order chi connectivity index (χ1) is 18.8. The van der Waals surface area contributed by atoms with E-state index in [1.807, 2.05) is 6.08 Å². The Morgan fingerprint density at radius 3 is 2.17 bits per heavy atom. The molecular weight excluding hydrogens is 495 g/mol. The van der Waals surface area contributed by atoms with Crippen LogP contribution in [-0.2, 0) is 4.79 Å². The van der Waals surface area contributed by atoms with Crippen molar-refractivity contribution in [2.75, 3.05) is 4.90 Å². The van der Waals surface area contributed by atoms with E-state index in [2.05, 4.69) is 116 Å². The second-order valence-corrected chi connectivity index (χ2v) is 16.7. The smallest absolute Gasteiger partial charge is 0.156 e. The average Bonchev–Trinajstić information content (AvgIpc) is 3.11. The van der Waals surface area contributed by atoms with Crippen molar-refractivity contribution in [2.45, 2.75) is 94.6 Å². The molecule has 3 nitrogen and oxygen atoms in total. The molecule has 1 N–H and O–H groups in total. The second kappa shape index (κ2) is 10.1. The molecule has 4 aliphatic rings. The average molecular weight is 543 g/mol. The van der Waals surface area contributed by atoms with Gasteiger partial charge in [-0.3, -0.25) is 4.79 Å². The highest BCUT2D eigenvalue weighted by Gasteiger charge is 2.62. The van der Waals surface area contributed by atoms with E-state index in [0.717, 1.165) is 38.5 Å². The number of carbonyl (C=O) groups is 1. The van der Waals surface area contributed by atoms with Crippen LogP contribution in [-0.4, -0.2) is 74.0 Å². The van der Waals surface area contributed by atoms with Crippen LogP contribution in [0, 0.1) is 34.5 Å². The number of anilines is 1. The van der Waals surface area contributed by atoms with E-state index < -0.39 is 5.60 Å². The van der Waals surface area contributed by atoms with Crippen molar-refractivity contribution in [3.05, 3.63) is 52.6 Å². The van der Waals surface area contributed by atoms with Gasteiger partial charge in [0.1, 0.15) is 52.7 Å². The zero-order chi connectivity index (χ0) is 30.2. The van der Waals surface area contributed by atoms with Crippen molar-refractivity contribution in [3.8, 4) is 11.8 Å². The summed E-state index contributed by atoms with van der Waals surface area (Å²) in [6.07, 6.45) is 8.13. The summed E-state index contributed by atoms with van der Waals surface area (Å²) in [4.78, 5) is 14.9. The van der Waals surface area contributed by atoms with Gasteiger partial charge >= 0.3 is 0 Å². The van der Waals surface area contributed by atoms with Crippen LogP contribution in [0.5, 0.6) is 0 Å². The molecule has 0 aliphatic heterocycles. The summed E-state index contributed by atoms with van der Waals surface area (Å²) < 4.78 is 0. The lowest BCUT2D eigenvalue weighted by atomic mass is 9.40. The zero-order valence-corrected chi connectivity index (χ0v) is 27.4. The van der Waals surface area contributed by atoms with Crippen molar-refractivity contribution in [1.82, 2.24) is 0 Å². The molecule has 5 rings (SSSR count). The molecule has 4 aliphatic carbocycles. The normalized spacial score (nSPS) is 31.8. The fourth-order valence-electron chi connectivity index (χ4n) is 9.10. The van der Waals surface area contributed by atoms with Gasteiger partial charge in [0.2, 0.25) is 0 Å². The number of carbonyl (C=O) groups excluding carboxylic acids is 1. The van der Waals surface area contributed by atoms with Crippen molar-refractivity contribution < 1.29 is 9.90 Å². The van der Waals surface area contributed by atoms with Crippen LogP contribution >= 0.6 is 0 Å². The molecule has 41 heavy (non-hydrogen) atoms. The standard InChI is InChI=1S/C32H47B6NO2/c1-28(2,3)15-16-30(41)14-13-26-24-11-7-20-17-22(40)10-12-23(20)27(24)25(18-29(26,30)4)19-5-8-21(9-6-19)39(31(33,34)35)32(36,37)38/h5-6,8-9,17,24-26,41H,7,10-14,18,33-38H2,1-4H3/t24-,25+,26-,29-,30+/m0/s1. The topological polar surface area (TPSA) is 40.5 Å². The highest BCUT2D eigenvalue weighted by Crippen LogP contribution is 2.66. The number of ketones is 1. The van der Waals surface area contributed by atoms with Crippen LogP contribution in [0.15, 0.2) is 47.1 Å². The minimum absolute atomic E-state index is 0.00916. The number of hydrogen-bond acceptors (Lipinski definition) is 3. The summed E-state index contributed by atoms with van der Waals surface area (Å²) in [5.41, 5.74) is 5.48. The molecule has 1 aromatic carbocycles. The second-order valence-electron chi connectivity index (χ2n) is 16.7. The molecule has 0 saturated heterocycles. The first-order valence-electron chi connectivity index (χ1n) is 16.0. The van der Waals surface area contributed by atoms with Gasteiger partial charge in [0.15, 0.2) is 5.78 Å². The van der Waals surface area contributed by atoms with Crippen LogP contribution in [0.4, 0.5) is 5.69 Å². The number of rotatable bonds is 4. The maximum Gasteiger partial charge on any atom is 0.156 e. The largest absolute Gasteiger partial charge is 0.407 e. The van der Waals surface area contributed by atoms with E-state index in [0.29, 0.717) is 18.3 Å². The van der Waals surface area contributed by atoms with Crippen LogP contribution in [0.1, 0.15) is 84.1 Å². The van der Waals surface area contributed by atoms with Gasteiger partial charge in [-0.15, -0.1) is 0 Å². The number of hydrogen-bond donors (Lipinski definition) is 1. The molecule has 1 aromatic rings. The highest BCUT2D eigenvalue weighted by molar-refractivity contribution is 6.66. The number of nitrogens with zero attached hydrogens (tertiary/aromatic N) is 1. The van der Waals surface area contributed by atoms with Crippen LogP contribution in [0.25, 0.3) is 0 Å². The molecule has 0 amide bonds. The van der Waals surface area contributed by atoms with Gasteiger partial charge in [0, 0.05) is 28.9 Å². The molecule has 0 heterocycles. The van der Waals surface area contributed by atoms with E-state index in [9.17, 15) is 9.90 Å². The Hall–Kier alpha value is -1.92. The summed E-state index contributed by atoms with van der Waals surface area (Å²) in [6.45, 7) is 8.72. The summed E-state index contributed by atoms with van der Waals surface area (Å²) in [7, 11) is 13.7. The third kappa shape index (κ3) is 5.48. The number of benzene rings is 1. The third-order valence-electron chi connectivity index (χ3n) is 10.4.